The van der Waals surface area contributed by atoms with Crippen molar-refractivity contribution in [2.45, 2.75) is 6.54 Å². The number of carboxylic acid groups (broad SMARTS) is 1. The van der Waals surface area contributed by atoms with Gasteiger partial charge in [0, 0.05) is 10.2 Å². The van der Waals surface area contributed by atoms with Crippen molar-refractivity contribution in [1.29, 1.82) is 0 Å². The van der Waals surface area contributed by atoms with Crippen LogP contribution < -0.4 is 5.32 Å². The molecule has 1 aromatic heterocycles. The van der Waals surface area contributed by atoms with Crippen LogP contribution in [0.3, 0.4) is 0 Å². The molecule has 0 unspecified atom stereocenters. The van der Waals surface area contributed by atoms with E-state index in [1.54, 1.807) is 18.2 Å². The van der Waals surface area contributed by atoms with Gasteiger partial charge in [0.2, 0.25) is 0 Å². The van der Waals surface area contributed by atoms with Crippen molar-refractivity contribution in [3.63, 3.8) is 0 Å². The average Bonchev–Trinajstić information content (AvgIpc) is 2.40. The Morgan fingerprint density at radius 3 is 2.84 bits per heavy atom. The number of hydrogen-bond acceptors (Lipinski definition) is 3. The van der Waals surface area contributed by atoms with E-state index in [0.717, 1.165) is 10.2 Å². The molecule has 0 radical (unpaired) electrons. The van der Waals surface area contributed by atoms with Crippen molar-refractivity contribution in [1.82, 2.24) is 4.98 Å². The van der Waals surface area contributed by atoms with Gasteiger partial charge in [-0.1, -0.05) is 17.7 Å². The van der Waals surface area contributed by atoms with Crippen molar-refractivity contribution in [3.8, 4) is 0 Å². The van der Waals surface area contributed by atoms with Crippen LogP contribution in [0, 0.1) is 0 Å². The molecule has 6 heteroatoms. The third kappa shape index (κ3) is 3.68. The molecule has 0 saturated carbocycles. The molecule has 4 nitrogen and oxygen atoms in total. The Bertz CT molecular complexity index is 619. The number of rotatable bonds is 4. The molecule has 1 heterocycles. The number of carbonyl (C=O) groups is 1. The molecule has 0 fully saturated rings. The highest BCUT2D eigenvalue weighted by molar-refractivity contribution is 9.10. The quantitative estimate of drug-likeness (QED) is 0.888. The fourth-order valence-corrected chi connectivity index (χ4v) is 1.92. The summed E-state index contributed by atoms with van der Waals surface area (Å²) in [6, 6.07) is 10.4. The summed E-state index contributed by atoms with van der Waals surface area (Å²) in [7, 11) is 0. The molecule has 2 N–H and O–H groups in total. The number of anilines is 1. The van der Waals surface area contributed by atoms with Crippen LogP contribution in [0.4, 0.5) is 5.69 Å². The Kier molecular flexibility index (Phi) is 4.39. The number of hydrogen-bond donors (Lipinski definition) is 2. The van der Waals surface area contributed by atoms with Gasteiger partial charge in [0.15, 0.2) is 0 Å². The fraction of sp³-hybridized carbons (Fsp3) is 0.0769. The average molecular weight is 342 g/mol. The molecule has 2 rings (SSSR count). The second-order valence-corrected chi connectivity index (χ2v) is 5.06. The largest absolute Gasteiger partial charge is 0.477 e. The summed E-state index contributed by atoms with van der Waals surface area (Å²) in [6.07, 6.45) is 0. The van der Waals surface area contributed by atoms with E-state index in [4.69, 9.17) is 16.7 Å². The van der Waals surface area contributed by atoms with Crippen LogP contribution in [0.15, 0.2) is 40.9 Å². The van der Waals surface area contributed by atoms with E-state index >= 15 is 0 Å². The molecule has 0 aliphatic heterocycles. The first-order valence-electron chi connectivity index (χ1n) is 5.44. The van der Waals surface area contributed by atoms with Crippen LogP contribution in [0.2, 0.25) is 5.02 Å². The van der Waals surface area contributed by atoms with Gasteiger partial charge >= 0.3 is 5.97 Å². The van der Waals surface area contributed by atoms with Gasteiger partial charge in [-0.2, -0.15) is 0 Å². The molecular weight excluding hydrogens is 332 g/mol. The Morgan fingerprint density at radius 2 is 2.16 bits per heavy atom. The molecule has 1 aromatic carbocycles. The minimum absolute atomic E-state index is 0.0353. The minimum Gasteiger partial charge on any atom is -0.477 e. The number of nitrogens with one attached hydrogen (secondary N) is 1. The molecule has 19 heavy (non-hydrogen) atoms. The summed E-state index contributed by atoms with van der Waals surface area (Å²) >= 11 is 9.30. The Hall–Kier alpha value is -1.59. The molecule has 0 spiro atoms. The standard InChI is InChI=1S/C13H10BrClN2O2/c14-10-5-4-8(6-11(10)15)16-7-9-2-1-3-12(17-9)13(18)19/h1-6,16H,7H2,(H,18,19). The molecule has 0 aliphatic carbocycles. The molecule has 0 amide bonds. The molecule has 0 saturated heterocycles. The maximum absolute atomic E-state index is 10.8. The van der Waals surface area contributed by atoms with Gasteiger partial charge in [-0.25, -0.2) is 9.78 Å². The second kappa shape index (κ2) is 6.04. The molecule has 0 atom stereocenters. The predicted molar refractivity (Wildman–Crippen MR) is 77.7 cm³/mol. The summed E-state index contributed by atoms with van der Waals surface area (Å²) in [4.78, 5) is 14.8. The summed E-state index contributed by atoms with van der Waals surface area (Å²) in [5.41, 5.74) is 1.53. The van der Waals surface area contributed by atoms with Crippen molar-refractivity contribution >= 4 is 39.2 Å². The molecule has 2 aromatic rings. The van der Waals surface area contributed by atoms with Gasteiger partial charge in [0.1, 0.15) is 5.69 Å². The number of nitrogens with zero attached hydrogens (tertiary/aromatic N) is 1. The lowest BCUT2D eigenvalue weighted by atomic mass is 10.2. The Morgan fingerprint density at radius 1 is 1.37 bits per heavy atom. The molecule has 98 valence electrons. The smallest absolute Gasteiger partial charge is 0.354 e. The lowest BCUT2D eigenvalue weighted by molar-refractivity contribution is 0.0690. The summed E-state index contributed by atoms with van der Waals surface area (Å²) in [5, 5.41) is 12.6. The highest BCUT2D eigenvalue weighted by Crippen LogP contribution is 2.25. The first-order valence-corrected chi connectivity index (χ1v) is 6.61. The van der Waals surface area contributed by atoms with E-state index in [0.29, 0.717) is 17.3 Å². The van der Waals surface area contributed by atoms with E-state index in [2.05, 4.69) is 26.2 Å². The van der Waals surface area contributed by atoms with Crippen molar-refractivity contribution in [3.05, 3.63) is 57.3 Å². The number of carboxylic acids is 1. The van der Waals surface area contributed by atoms with Gasteiger partial charge in [0.25, 0.3) is 0 Å². The van der Waals surface area contributed by atoms with E-state index in [1.165, 1.54) is 6.07 Å². The number of halogens is 2. The van der Waals surface area contributed by atoms with Gasteiger partial charge in [0.05, 0.1) is 17.3 Å². The van der Waals surface area contributed by atoms with Crippen LogP contribution in [-0.4, -0.2) is 16.1 Å². The maximum Gasteiger partial charge on any atom is 0.354 e. The lowest BCUT2D eigenvalue weighted by Crippen LogP contribution is -2.06. The number of benzene rings is 1. The van der Waals surface area contributed by atoms with Crippen molar-refractivity contribution < 1.29 is 9.90 Å². The Balaban J connectivity index is 2.07. The van der Waals surface area contributed by atoms with E-state index < -0.39 is 5.97 Å². The third-order valence-electron chi connectivity index (χ3n) is 2.42. The molecular formula is C13H10BrClN2O2. The predicted octanol–water partition coefficient (Wildman–Crippen LogP) is 3.81. The number of aromatic nitrogens is 1. The highest BCUT2D eigenvalue weighted by Gasteiger charge is 2.05. The van der Waals surface area contributed by atoms with Crippen LogP contribution in [0.1, 0.15) is 16.2 Å². The first kappa shape index (κ1) is 13.8. The Labute approximate surface area is 123 Å². The zero-order valence-electron chi connectivity index (χ0n) is 9.73. The van der Waals surface area contributed by atoms with Gasteiger partial charge in [-0.15, -0.1) is 0 Å². The number of aromatic carboxylic acids is 1. The third-order valence-corrected chi connectivity index (χ3v) is 3.65. The van der Waals surface area contributed by atoms with Crippen LogP contribution in [0.25, 0.3) is 0 Å². The van der Waals surface area contributed by atoms with Crippen LogP contribution in [-0.2, 0) is 6.54 Å². The summed E-state index contributed by atoms with van der Waals surface area (Å²) in [5.74, 6) is -1.03. The van der Waals surface area contributed by atoms with Crippen molar-refractivity contribution in [2.75, 3.05) is 5.32 Å². The summed E-state index contributed by atoms with van der Waals surface area (Å²) < 4.78 is 0.825. The zero-order chi connectivity index (χ0) is 13.8. The van der Waals surface area contributed by atoms with Crippen molar-refractivity contribution in [2.24, 2.45) is 0 Å². The van der Waals surface area contributed by atoms with Gasteiger partial charge in [-0.05, 0) is 46.3 Å². The monoisotopic (exact) mass is 340 g/mol. The van der Waals surface area contributed by atoms with Crippen LogP contribution >= 0.6 is 27.5 Å². The van der Waals surface area contributed by atoms with E-state index in [1.807, 2.05) is 12.1 Å². The summed E-state index contributed by atoms with van der Waals surface area (Å²) in [6.45, 7) is 0.430. The normalized spacial score (nSPS) is 10.2. The molecule has 0 bridgehead atoms. The zero-order valence-corrected chi connectivity index (χ0v) is 12.1. The number of pyridine rings is 1. The maximum atomic E-state index is 10.8. The van der Waals surface area contributed by atoms with E-state index in [9.17, 15) is 4.79 Å². The SMILES string of the molecule is O=C(O)c1cccc(CNc2ccc(Br)c(Cl)c2)n1. The minimum atomic E-state index is -1.03. The fourth-order valence-electron chi connectivity index (χ4n) is 1.50. The van der Waals surface area contributed by atoms with E-state index in [-0.39, 0.29) is 5.69 Å². The topological polar surface area (TPSA) is 62.2 Å². The second-order valence-electron chi connectivity index (χ2n) is 3.80. The van der Waals surface area contributed by atoms with Gasteiger partial charge in [-0.3, -0.25) is 0 Å². The van der Waals surface area contributed by atoms with Crippen LogP contribution in [0.5, 0.6) is 0 Å². The lowest BCUT2D eigenvalue weighted by Gasteiger charge is -2.07. The van der Waals surface area contributed by atoms with Gasteiger partial charge < -0.3 is 10.4 Å². The first-order chi connectivity index (χ1) is 9.06. The molecule has 0 aliphatic rings. The highest BCUT2D eigenvalue weighted by atomic mass is 79.9.